The number of hydrogen-bond donors (Lipinski definition) is 2. The number of fused-ring (bicyclic) bond motifs is 2. The topological polar surface area (TPSA) is 88.0 Å². The highest BCUT2D eigenvalue weighted by Gasteiger charge is 2.26. The molecule has 30 heavy (non-hydrogen) atoms. The van der Waals surface area contributed by atoms with Crippen molar-refractivity contribution in [3.63, 3.8) is 0 Å². The summed E-state index contributed by atoms with van der Waals surface area (Å²) in [7, 11) is 3.57. The molecule has 156 valence electrons. The zero-order valence-corrected chi connectivity index (χ0v) is 17.5. The number of nitrogens with zero attached hydrogens (tertiary/aromatic N) is 5. The third-order valence-corrected chi connectivity index (χ3v) is 6.05. The van der Waals surface area contributed by atoms with Crippen LogP contribution in [0.4, 0.5) is 11.8 Å². The zero-order chi connectivity index (χ0) is 20.7. The van der Waals surface area contributed by atoms with E-state index in [9.17, 15) is 4.79 Å². The molecule has 0 bridgehead atoms. The van der Waals surface area contributed by atoms with E-state index in [2.05, 4.69) is 26.3 Å². The monoisotopic (exact) mass is 405 g/mol. The predicted molar refractivity (Wildman–Crippen MR) is 116 cm³/mol. The van der Waals surface area contributed by atoms with E-state index in [1.54, 1.807) is 25.2 Å². The fourth-order valence-corrected chi connectivity index (χ4v) is 4.52. The van der Waals surface area contributed by atoms with Gasteiger partial charge in [0.15, 0.2) is 0 Å². The van der Waals surface area contributed by atoms with Crippen molar-refractivity contribution in [2.24, 2.45) is 0 Å². The molecule has 0 radical (unpaired) electrons. The van der Waals surface area contributed by atoms with Crippen molar-refractivity contribution in [3.05, 3.63) is 41.3 Å². The molecule has 0 aromatic carbocycles. The third kappa shape index (κ3) is 3.41. The van der Waals surface area contributed by atoms with Crippen molar-refractivity contribution >= 4 is 28.7 Å². The Labute approximate surface area is 175 Å². The van der Waals surface area contributed by atoms with Crippen molar-refractivity contribution in [2.75, 3.05) is 26.0 Å². The second-order valence-electron chi connectivity index (χ2n) is 8.36. The molecule has 3 aromatic heterocycles. The number of amides is 1. The Morgan fingerprint density at radius 3 is 2.87 bits per heavy atom. The standard InChI is InChI=1S/C22H27N7O/c1-28(2)21(30)18-11-15-13-24-22(27-20(15)29(18)16-5-3-4-6-16)26-19-8-7-14-12-23-10-9-17(14)25-19/h7-8,11,13,16,23H,3-6,9-10,12H2,1-2H3,(H,24,25,26,27). The van der Waals surface area contributed by atoms with Gasteiger partial charge in [0, 0.05) is 56.9 Å². The minimum Gasteiger partial charge on any atom is -0.343 e. The summed E-state index contributed by atoms with van der Waals surface area (Å²) in [6.07, 6.45) is 7.24. The summed E-state index contributed by atoms with van der Waals surface area (Å²) in [4.78, 5) is 28.5. The summed E-state index contributed by atoms with van der Waals surface area (Å²) >= 11 is 0. The summed E-state index contributed by atoms with van der Waals surface area (Å²) < 4.78 is 2.13. The lowest BCUT2D eigenvalue weighted by Crippen LogP contribution is -2.25. The largest absolute Gasteiger partial charge is 0.343 e. The van der Waals surface area contributed by atoms with E-state index in [0.29, 0.717) is 17.7 Å². The van der Waals surface area contributed by atoms with E-state index in [1.165, 1.54) is 18.4 Å². The van der Waals surface area contributed by atoms with Gasteiger partial charge in [0.2, 0.25) is 5.95 Å². The van der Waals surface area contributed by atoms with Gasteiger partial charge in [-0.1, -0.05) is 18.9 Å². The average molecular weight is 406 g/mol. The van der Waals surface area contributed by atoms with Crippen LogP contribution in [-0.2, 0) is 13.0 Å². The van der Waals surface area contributed by atoms with Crippen LogP contribution in [0.5, 0.6) is 0 Å². The number of anilines is 2. The molecule has 0 spiro atoms. The number of hydrogen-bond acceptors (Lipinski definition) is 6. The van der Waals surface area contributed by atoms with E-state index in [4.69, 9.17) is 9.97 Å². The molecule has 1 fully saturated rings. The molecule has 1 aliphatic carbocycles. The Kier molecular flexibility index (Phi) is 4.86. The van der Waals surface area contributed by atoms with Crippen LogP contribution in [0.1, 0.15) is 53.5 Å². The third-order valence-electron chi connectivity index (χ3n) is 6.05. The predicted octanol–water partition coefficient (Wildman–Crippen LogP) is 3.03. The van der Waals surface area contributed by atoms with E-state index in [1.807, 2.05) is 12.1 Å². The summed E-state index contributed by atoms with van der Waals surface area (Å²) in [5.74, 6) is 1.25. The number of rotatable bonds is 4. The van der Waals surface area contributed by atoms with E-state index in [0.717, 1.165) is 54.9 Å². The van der Waals surface area contributed by atoms with Crippen LogP contribution in [-0.4, -0.2) is 51.0 Å². The van der Waals surface area contributed by atoms with Crippen molar-refractivity contribution in [3.8, 4) is 0 Å². The van der Waals surface area contributed by atoms with E-state index >= 15 is 0 Å². The average Bonchev–Trinajstić information content (AvgIpc) is 3.40. The Morgan fingerprint density at radius 1 is 1.23 bits per heavy atom. The van der Waals surface area contributed by atoms with Crippen molar-refractivity contribution in [2.45, 2.75) is 44.7 Å². The second kappa shape index (κ2) is 7.68. The lowest BCUT2D eigenvalue weighted by atomic mass is 10.1. The lowest BCUT2D eigenvalue weighted by molar-refractivity contribution is 0.0815. The van der Waals surface area contributed by atoms with Crippen molar-refractivity contribution in [1.29, 1.82) is 0 Å². The van der Waals surface area contributed by atoms with Gasteiger partial charge in [-0.3, -0.25) is 4.79 Å². The van der Waals surface area contributed by atoms with Crippen LogP contribution in [0.3, 0.4) is 0 Å². The molecule has 8 heteroatoms. The van der Waals surface area contributed by atoms with Gasteiger partial charge in [0.05, 0.1) is 0 Å². The van der Waals surface area contributed by atoms with Gasteiger partial charge in [-0.05, 0) is 30.5 Å². The molecule has 1 saturated carbocycles. The molecule has 2 N–H and O–H groups in total. The SMILES string of the molecule is CN(C)C(=O)c1cc2cnc(Nc3ccc4c(n3)CCNC4)nc2n1C1CCCC1. The van der Waals surface area contributed by atoms with Gasteiger partial charge < -0.3 is 20.1 Å². The van der Waals surface area contributed by atoms with Crippen molar-refractivity contribution < 1.29 is 4.79 Å². The quantitative estimate of drug-likeness (QED) is 0.694. The highest BCUT2D eigenvalue weighted by Crippen LogP contribution is 2.35. The first-order valence-electron chi connectivity index (χ1n) is 10.7. The molecule has 4 heterocycles. The number of aromatic nitrogens is 4. The van der Waals surface area contributed by atoms with Gasteiger partial charge >= 0.3 is 0 Å². The molecule has 0 saturated heterocycles. The fourth-order valence-electron chi connectivity index (χ4n) is 4.52. The molecule has 1 amide bonds. The molecule has 3 aromatic rings. The first-order valence-corrected chi connectivity index (χ1v) is 10.7. The maximum absolute atomic E-state index is 12.8. The Balaban J connectivity index is 1.53. The minimum absolute atomic E-state index is 0.000581. The molecule has 1 aliphatic heterocycles. The Hall–Kier alpha value is -3.00. The smallest absolute Gasteiger partial charge is 0.270 e. The van der Waals surface area contributed by atoms with Gasteiger partial charge in [-0.2, -0.15) is 4.98 Å². The maximum atomic E-state index is 12.8. The van der Waals surface area contributed by atoms with Gasteiger partial charge in [0.25, 0.3) is 5.91 Å². The van der Waals surface area contributed by atoms with Gasteiger partial charge in [-0.15, -0.1) is 0 Å². The fraction of sp³-hybridized carbons (Fsp3) is 0.455. The molecular formula is C22H27N7O. The first-order chi connectivity index (χ1) is 14.6. The molecule has 0 unspecified atom stereocenters. The summed E-state index contributed by atoms with van der Waals surface area (Å²) in [6.45, 7) is 1.81. The first kappa shape index (κ1) is 19.0. The highest BCUT2D eigenvalue weighted by atomic mass is 16.2. The molecule has 5 rings (SSSR count). The van der Waals surface area contributed by atoms with Crippen LogP contribution >= 0.6 is 0 Å². The maximum Gasteiger partial charge on any atom is 0.270 e. The number of carbonyl (C=O) groups is 1. The summed E-state index contributed by atoms with van der Waals surface area (Å²) in [5, 5.41) is 7.52. The molecule has 2 aliphatic rings. The van der Waals surface area contributed by atoms with Crippen molar-refractivity contribution in [1.82, 2.24) is 29.7 Å². The van der Waals surface area contributed by atoms with E-state index in [-0.39, 0.29) is 5.91 Å². The van der Waals surface area contributed by atoms with Crippen LogP contribution < -0.4 is 10.6 Å². The van der Waals surface area contributed by atoms with Crippen LogP contribution in [0.25, 0.3) is 11.0 Å². The number of pyridine rings is 1. The number of nitrogens with one attached hydrogen (secondary N) is 2. The van der Waals surface area contributed by atoms with Gasteiger partial charge in [-0.25, -0.2) is 9.97 Å². The van der Waals surface area contributed by atoms with Crippen LogP contribution in [0, 0.1) is 0 Å². The molecule has 0 atom stereocenters. The zero-order valence-electron chi connectivity index (χ0n) is 17.5. The second-order valence-corrected chi connectivity index (χ2v) is 8.36. The Morgan fingerprint density at radius 2 is 2.07 bits per heavy atom. The van der Waals surface area contributed by atoms with Crippen LogP contribution in [0.15, 0.2) is 24.4 Å². The lowest BCUT2D eigenvalue weighted by Gasteiger charge is -2.19. The summed E-state index contributed by atoms with van der Waals surface area (Å²) in [5.41, 5.74) is 3.86. The molecule has 8 nitrogen and oxygen atoms in total. The van der Waals surface area contributed by atoms with Gasteiger partial charge in [0.1, 0.15) is 17.2 Å². The summed E-state index contributed by atoms with van der Waals surface area (Å²) in [6, 6.07) is 6.30. The van der Waals surface area contributed by atoms with Crippen LogP contribution in [0.2, 0.25) is 0 Å². The normalized spacial score (nSPS) is 16.6. The Bertz CT molecular complexity index is 1100. The van der Waals surface area contributed by atoms with E-state index < -0.39 is 0 Å². The molecular weight excluding hydrogens is 378 g/mol. The number of carbonyl (C=O) groups excluding carboxylic acids is 1. The minimum atomic E-state index is -0.000581. The highest BCUT2D eigenvalue weighted by molar-refractivity contribution is 5.97.